The second-order valence-electron chi connectivity index (χ2n) is 2.97. The van der Waals surface area contributed by atoms with Gasteiger partial charge in [0, 0.05) is 12.3 Å². The van der Waals surface area contributed by atoms with Crippen molar-refractivity contribution in [3.63, 3.8) is 0 Å². The molecule has 0 N–H and O–H groups in total. The Morgan fingerprint density at radius 3 is 2.73 bits per heavy atom. The molecule has 0 bridgehead atoms. The molecule has 0 aromatic rings. The van der Waals surface area contributed by atoms with Gasteiger partial charge in [0.05, 0.1) is 10.2 Å². The van der Waals surface area contributed by atoms with Crippen LogP contribution in [-0.2, 0) is 4.79 Å². The van der Waals surface area contributed by atoms with E-state index in [0.29, 0.717) is 5.33 Å². The average molecular weight is 238 g/mol. The van der Waals surface area contributed by atoms with Crippen LogP contribution in [0.2, 0.25) is 0 Å². The van der Waals surface area contributed by atoms with E-state index < -0.39 is 0 Å². The number of carbonyl (C=O) groups excluding carboxylic acids is 1. The standard InChI is InChI=1S/C7H12BrNOS/c1-7(2)9(3-4-11-7)6(10)5-8/h3-5H2,1-2H3. The minimum absolute atomic E-state index is 0.00481. The van der Waals surface area contributed by atoms with Crippen molar-refractivity contribution in [2.24, 2.45) is 0 Å². The summed E-state index contributed by atoms with van der Waals surface area (Å²) in [5.74, 6) is 1.26. The SMILES string of the molecule is CC1(C)SCCN1C(=O)CBr. The van der Waals surface area contributed by atoms with Crippen molar-refractivity contribution < 1.29 is 4.79 Å². The number of halogens is 1. The van der Waals surface area contributed by atoms with Crippen molar-refractivity contribution in [2.75, 3.05) is 17.6 Å². The van der Waals surface area contributed by atoms with Gasteiger partial charge >= 0.3 is 0 Å². The highest BCUT2D eigenvalue weighted by Gasteiger charge is 2.35. The molecule has 1 rings (SSSR count). The lowest BCUT2D eigenvalue weighted by atomic mass is 10.3. The maximum atomic E-state index is 11.3. The van der Waals surface area contributed by atoms with Crippen LogP contribution in [-0.4, -0.2) is 33.3 Å². The van der Waals surface area contributed by atoms with Crippen molar-refractivity contribution in [1.29, 1.82) is 0 Å². The van der Waals surface area contributed by atoms with E-state index >= 15 is 0 Å². The second-order valence-corrected chi connectivity index (χ2v) is 5.23. The predicted octanol–water partition coefficient (Wildman–Crippen LogP) is 1.69. The fourth-order valence-corrected chi connectivity index (χ4v) is 2.66. The first-order valence-corrected chi connectivity index (χ1v) is 5.69. The topological polar surface area (TPSA) is 20.3 Å². The summed E-state index contributed by atoms with van der Waals surface area (Å²) in [6, 6.07) is 0. The van der Waals surface area contributed by atoms with E-state index in [1.54, 1.807) is 0 Å². The molecule has 0 aliphatic carbocycles. The molecule has 0 aromatic carbocycles. The number of hydrogen-bond donors (Lipinski definition) is 0. The summed E-state index contributed by atoms with van der Waals surface area (Å²) < 4.78 is 0. The van der Waals surface area contributed by atoms with Crippen molar-refractivity contribution in [2.45, 2.75) is 18.7 Å². The van der Waals surface area contributed by atoms with Gasteiger partial charge in [-0.25, -0.2) is 0 Å². The molecular weight excluding hydrogens is 226 g/mol. The monoisotopic (exact) mass is 237 g/mol. The first-order valence-electron chi connectivity index (χ1n) is 3.58. The van der Waals surface area contributed by atoms with Crippen LogP contribution >= 0.6 is 27.7 Å². The zero-order valence-electron chi connectivity index (χ0n) is 6.76. The van der Waals surface area contributed by atoms with Crippen molar-refractivity contribution >= 4 is 33.6 Å². The quantitative estimate of drug-likeness (QED) is 0.648. The lowest BCUT2D eigenvalue weighted by Gasteiger charge is -2.29. The molecule has 0 saturated carbocycles. The summed E-state index contributed by atoms with van der Waals surface area (Å²) in [6.07, 6.45) is 0. The van der Waals surface area contributed by atoms with Gasteiger partial charge in [0.1, 0.15) is 0 Å². The van der Waals surface area contributed by atoms with Crippen LogP contribution in [0.4, 0.5) is 0 Å². The summed E-state index contributed by atoms with van der Waals surface area (Å²) in [5.41, 5.74) is 0. The lowest BCUT2D eigenvalue weighted by molar-refractivity contribution is -0.129. The van der Waals surface area contributed by atoms with E-state index in [1.165, 1.54) is 0 Å². The van der Waals surface area contributed by atoms with Gasteiger partial charge in [-0.15, -0.1) is 11.8 Å². The smallest absolute Gasteiger partial charge is 0.234 e. The Balaban J connectivity index is 2.64. The van der Waals surface area contributed by atoms with E-state index in [-0.39, 0.29) is 10.8 Å². The molecule has 64 valence electrons. The number of amides is 1. The number of alkyl halides is 1. The maximum absolute atomic E-state index is 11.3. The molecule has 0 radical (unpaired) electrons. The average Bonchev–Trinajstić information content (AvgIpc) is 2.28. The Morgan fingerprint density at radius 1 is 1.73 bits per heavy atom. The van der Waals surface area contributed by atoms with Gasteiger partial charge in [-0.3, -0.25) is 4.79 Å². The predicted molar refractivity (Wildman–Crippen MR) is 52.0 cm³/mol. The van der Waals surface area contributed by atoms with E-state index in [9.17, 15) is 4.79 Å². The Hall–Kier alpha value is 0.300. The van der Waals surface area contributed by atoms with Gasteiger partial charge in [0.15, 0.2) is 0 Å². The minimum Gasteiger partial charge on any atom is -0.327 e. The number of thioether (sulfide) groups is 1. The zero-order valence-corrected chi connectivity index (χ0v) is 9.17. The normalized spacial score (nSPS) is 22.3. The van der Waals surface area contributed by atoms with E-state index in [0.717, 1.165) is 12.3 Å². The molecule has 0 unspecified atom stereocenters. The molecule has 1 fully saturated rings. The van der Waals surface area contributed by atoms with Gasteiger partial charge in [-0.1, -0.05) is 15.9 Å². The van der Waals surface area contributed by atoms with Crippen LogP contribution in [0.15, 0.2) is 0 Å². The van der Waals surface area contributed by atoms with E-state index in [2.05, 4.69) is 29.8 Å². The summed E-state index contributed by atoms with van der Waals surface area (Å²) >= 11 is 5.01. The fourth-order valence-electron chi connectivity index (χ4n) is 1.23. The van der Waals surface area contributed by atoms with Crippen molar-refractivity contribution in [1.82, 2.24) is 4.90 Å². The van der Waals surface area contributed by atoms with Crippen LogP contribution in [0.5, 0.6) is 0 Å². The molecule has 1 aliphatic heterocycles. The number of hydrogen-bond acceptors (Lipinski definition) is 2. The van der Waals surface area contributed by atoms with Gasteiger partial charge in [0.2, 0.25) is 5.91 Å². The second kappa shape index (κ2) is 3.35. The molecule has 1 saturated heterocycles. The highest BCUT2D eigenvalue weighted by atomic mass is 79.9. The summed E-state index contributed by atoms with van der Waals surface area (Å²) in [4.78, 5) is 13.2. The first-order chi connectivity index (χ1) is 5.08. The fraction of sp³-hybridized carbons (Fsp3) is 0.857. The van der Waals surface area contributed by atoms with Gasteiger partial charge in [-0.2, -0.15) is 0 Å². The molecule has 0 atom stereocenters. The highest BCUT2D eigenvalue weighted by Crippen LogP contribution is 2.34. The number of carbonyl (C=O) groups is 1. The van der Waals surface area contributed by atoms with Crippen LogP contribution in [0, 0.1) is 0 Å². The summed E-state index contributed by atoms with van der Waals surface area (Å²) in [5, 5.41) is 0.441. The van der Waals surface area contributed by atoms with E-state index in [4.69, 9.17) is 0 Å². The molecule has 1 aliphatic rings. The Labute approximate surface area is 79.8 Å². The molecule has 2 nitrogen and oxygen atoms in total. The van der Waals surface area contributed by atoms with Gasteiger partial charge < -0.3 is 4.90 Å². The van der Waals surface area contributed by atoms with Crippen LogP contribution in [0.25, 0.3) is 0 Å². The summed E-state index contributed by atoms with van der Waals surface area (Å²) in [7, 11) is 0. The van der Waals surface area contributed by atoms with E-state index in [1.807, 2.05) is 16.7 Å². The molecule has 1 heterocycles. The van der Waals surface area contributed by atoms with Gasteiger partial charge in [0.25, 0.3) is 0 Å². The van der Waals surface area contributed by atoms with Crippen LogP contribution in [0.3, 0.4) is 0 Å². The van der Waals surface area contributed by atoms with Crippen molar-refractivity contribution in [3.05, 3.63) is 0 Å². The highest BCUT2D eigenvalue weighted by molar-refractivity contribution is 9.09. The number of rotatable bonds is 1. The molecule has 4 heteroatoms. The number of nitrogens with zero attached hydrogens (tertiary/aromatic N) is 1. The Kier molecular flexibility index (Phi) is 2.86. The molecular formula is C7H12BrNOS. The molecule has 0 aromatic heterocycles. The van der Waals surface area contributed by atoms with Gasteiger partial charge in [-0.05, 0) is 13.8 Å². The Morgan fingerprint density at radius 2 is 2.36 bits per heavy atom. The summed E-state index contributed by atoms with van der Waals surface area (Å²) in [6.45, 7) is 5.07. The first kappa shape index (κ1) is 9.39. The lowest BCUT2D eigenvalue weighted by Crippen LogP contribution is -2.41. The minimum atomic E-state index is 0.00481. The largest absolute Gasteiger partial charge is 0.327 e. The third kappa shape index (κ3) is 1.90. The van der Waals surface area contributed by atoms with Crippen LogP contribution < -0.4 is 0 Å². The Bertz CT molecular complexity index is 172. The third-order valence-electron chi connectivity index (χ3n) is 1.84. The molecule has 0 spiro atoms. The zero-order chi connectivity index (χ0) is 8.48. The molecule has 11 heavy (non-hydrogen) atoms. The maximum Gasteiger partial charge on any atom is 0.234 e. The van der Waals surface area contributed by atoms with Crippen molar-refractivity contribution in [3.8, 4) is 0 Å². The van der Waals surface area contributed by atoms with Crippen LogP contribution in [0.1, 0.15) is 13.8 Å². The third-order valence-corrected chi connectivity index (χ3v) is 3.63. The molecule has 1 amide bonds.